The lowest BCUT2D eigenvalue weighted by Crippen LogP contribution is -2.41. The Morgan fingerprint density at radius 2 is 1.59 bits per heavy atom. The van der Waals surface area contributed by atoms with Crippen molar-refractivity contribution >= 4 is 11.9 Å². The maximum Gasteiger partial charge on any atom is 0.312 e. The first-order valence-electron chi connectivity index (χ1n) is 8.51. The van der Waals surface area contributed by atoms with Gasteiger partial charge >= 0.3 is 11.9 Å². The van der Waals surface area contributed by atoms with Crippen molar-refractivity contribution < 1.29 is 19.4 Å². The standard InChI is InChI=1S/C18H32O4/c1-6-17(4,14(19)20)13-16(2,3)15(21)22-18(5)11-9-7-8-10-12-18/h6-13H2,1-5H3,(H,19,20). The van der Waals surface area contributed by atoms with Crippen LogP contribution in [0.25, 0.3) is 0 Å². The Hall–Kier alpha value is -1.06. The van der Waals surface area contributed by atoms with Crippen LogP contribution < -0.4 is 0 Å². The van der Waals surface area contributed by atoms with E-state index in [-0.39, 0.29) is 5.97 Å². The zero-order valence-corrected chi connectivity index (χ0v) is 14.8. The van der Waals surface area contributed by atoms with Crippen molar-refractivity contribution in [2.45, 2.75) is 91.6 Å². The second-order valence-electron chi connectivity index (χ2n) is 8.03. The molecule has 4 heteroatoms. The minimum absolute atomic E-state index is 0.266. The summed E-state index contributed by atoms with van der Waals surface area (Å²) >= 11 is 0. The molecular weight excluding hydrogens is 280 g/mol. The van der Waals surface area contributed by atoms with E-state index in [1.165, 1.54) is 12.8 Å². The molecule has 0 heterocycles. The molecule has 1 unspecified atom stereocenters. The SMILES string of the molecule is CCC(C)(CC(C)(C)C(=O)OC1(C)CCCCCC1)C(=O)O. The number of carbonyl (C=O) groups excluding carboxylic acids is 1. The number of ether oxygens (including phenoxy) is 1. The van der Waals surface area contributed by atoms with Crippen molar-refractivity contribution in [1.29, 1.82) is 0 Å². The van der Waals surface area contributed by atoms with E-state index in [2.05, 4.69) is 0 Å². The topological polar surface area (TPSA) is 63.6 Å². The average Bonchev–Trinajstić information content (AvgIpc) is 2.62. The van der Waals surface area contributed by atoms with E-state index >= 15 is 0 Å². The Morgan fingerprint density at radius 1 is 1.09 bits per heavy atom. The molecular formula is C18H32O4. The summed E-state index contributed by atoms with van der Waals surface area (Å²) in [6.45, 7) is 9.17. The average molecular weight is 312 g/mol. The Morgan fingerprint density at radius 3 is 2.00 bits per heavy atom. The van der Waals surface area contributed by atoms with E-state index in [4.69, 9.17) is 4.74 Å². The van der Waals surface area contributed by atoms with E-state index in [0.29, 0.717) is 12.8 Å². The second kappa shape index (κ2) is 7.01. The van der Waals surface area contributed by atoms with Gasteiger partial charge in [0.25, 0.3) is 0 Å². The third-order valence-electron chi connectivity index (χ3n) is 5.18. The quantitative estimate of drug-likeness (QED) is 0.577. The molecule has 0 aromatic rings. The van der Waals surface area contributed by atoms with Crippen LogP contribution in [0, 0.1) is 10.8 Å². The van der Waals surface area contributed by atoms with E-state index in [1.807, 2.05) is 13.8 Å². The molecule has 1 atom stereocenters. The van der Waals surface area contributed by atoms with Crippen LogP contribution in [-0.4, -0.2) is 22.6 Å². The van der Waals surface area contributed by atoms with E-state index < -0.39 is 22.4 Å². The number of esters is 1. The third-order valence-corrected chi connectivity index (χ3v) is 5.18. The Bertz CT molecular complexity index is 405. The number of hydrogen-bond acceptors (Lipinski definition) is 3. The Labute approximate surface area is 134 Å². The zero-order chi connectivity index (χ0) is 17.0. The molecule has 0 amide bonds. The fourth-order valence-electron chi connectivity index (χ4n) is 3.34. The molecule has 0 aromatic heterocycles. The van der Waals surface area contributed by atoms with Crippen molar-refractivity contribution in [3.05, 3.63) is 0 Å². The lowest BCUT2D eigenvalue weighted by atomic mass is 9.72. The van der Waals surface area contributed by atoms with Crippen molar-refractivity contribution in [2.24, 2.45) is 10.8 Å². The maximum atomic E-state index is 12.7. The molecule has 22 heavy (non-hydrogen) atoms. The normalized spacial score (nSPS) is 21.5. The summed E-state index contributed by atoms with van der Waals surface area (Å²) in [5.74, 6) is -1.12. The molecule has 0 saturated heterocycles. The first-order chi connectivity index (χ1) is 10.0. The van der Waals surface area contributed by atoms with Gasteiger partial charge in [-0.25, -0.2) is 0 Å². The fourth-order valence-corrected chi connectivity index (χ4v) is 3.34. The predicted molar refractivity (Wildman–Crippen MR) is 86.6 cm³/mol. The van der Waals surface area contributed by atoms with Crippen molar-refractivity contribution in [2.75, 3.05) is 0 Å². The van der Waals surface area contributed by atoms with Gasteiger partial charge in [0.05, 0.1) is 10.8 Å². The Kier molecular flexibility index (Phi) is 6.05. The molecule has 1 saturated carbocycles. The number of carboxylic acid groups (broad SMARTS) is 1. The smallest absolute Gasteiger partial charge is 0.312 e. The number of carboxylic acids is 1. The van der Waals surface area contributed by atoms with Crippen LogP contribution in [0.15, 0.2) is 0 Å². The van der Waals surface area contributed by atoms with E-state index in [0.717, 1.165) is 25.7 Å². The minimum atomic E-state index is -0.896. The summed E-state index contributed by atoms with van der Waals surface area (Å²) in [6, 6.07) is 0. The largest absolute Gasteiger partial charge is 0.481 e. The van der Waals surface area contributed by atoms with Crippen LogP contribution in [-0.2, 0) is 14.3 Å². The highest BCUT2D eigenvalue weighted by Crippen LogP contribution is 2.40. The molecule has 0 radical (unpaired) electrons. The number of carbonyl (C=O) groups is 2. The fraction of sp³-hybridized carbons (Fsp3) is 0.889. The summed E-state index contributed by atoms with van der Waals surface area (Å²) in [6.07, 6.45) is 7.17. The van der Waals surface area contributed by atoms with Crippen LogP contribution in [0.3, 0.4) is 0 Å². The molecule has 128 valence electrons. The van der Waals surface area contributed by atoms with Gasteiger partial charge in [-0.05, 0) is 66.2 Å². The first kappa shape index (κ1) is 19.0. The highest BCUT2D eigenvalue weighted by atomic mass is 16.6. The minimum Gasteiger partial charge on any atom is -0.481 e. The summed E-state index contributed by atoms with van der Waals surface area (Å²) in [4.78, 5) is 24.2. The molecule has 0 aliphatic heterocycles. The predicted octanol–water partition coefficient (Wildman–Crippen LogP) is 4.56. The Balaban J connectivity index is 2.79. The molecule has 1 aliphatic rings. The monoisotopic (exact) mass is 312 g/mol. The second-order valence-corrected chi connectivity index (χ2v) is 8.03. The summed E-state index contributed by atoms with van der Waals surface area (Å²) < 4.78 is 5.86. The van der Waals surface area contributed by atoms with Gasteiger partial charge in [-0.15, -0.1) is 0 Å². The van der Waals surface area contributed by atoms with Crippen molar-refractivity contribution in [3.63, 3.8) is 0 Å². The molecule has 4 nitrogen and oxygen atoms in total. The molecule has 1 fully saturated rings. The summed E-state index contributed by atoms with van der Waals surface area (Å²) in [5, 5.41) is 9.43. The van der Waals surface area contributed by atoms with Crippen molar-refractivity contribution in [3.8, 4) is 0 Å². The van der Waals surface area contributed by atoms with Gasteiger partial charge in [0.2, 0.25) is 0 Å². The molecule has 1 aliphatic carbocycles. The van der Waals surface area contributed by atoms with E-state index in [1.54, 1.807) is 20.8 Å². The lowest BCUT2D eigenvalue weighted by molar-refractivity contribution is -0.173. The van der Waals surface area contributed by atoms with Gasteiger partial charge in [0.15, 0.2) is 0 Å². The summed E-state index contributed by atoms with van der Waals surface area (Å²) in [5.41, 5.74) is -2.08. The molecule has 0 aromatic carbocycles. The number of hydrogen-bond donors (Lipinski definition) is 1. The molecule has 0 spiro atoms. The van der Waals surface area contributed by atoms with E-state index in [9.17, 15) is 14.7 Å². The van der Waals surface area contributed by atoms with Gasteiger partial charge in [-0.1, -0.05) is 19.8 Å². The molecule has 0 bridgehead atoms. The van der Waals surface area contributed by atoms with Crippen LogP contribution in [0.2, 0.25) is 0 Å². The van der Waals surface area contributed by atoms with Gasteiger partial charge in [-0.2, -0.15) is 0 Å². The maximum absolute atomic E-state index is 12.7. The molecule has 1 rings (SSSR count). The van der Waals surface area contributed by atoms with Crippen molar-refractivity contribution in [1.82, 2.24) is 0 Å². The molecule has 1 N–H and O–H groups in total. The van der Waals surface area contributed by atoms with Crippen LogP contribution in [0.4, 0.5) is 0 Å². The van der Waals surface area contributed by atoms with Crippen LogP contribution in [0.5, 0.6) is 0 Å². The number of rotatable bonds is 6. The highest BCUT2D eigenvalue weighted by Gasteiger charge is 2.44. The van der Waals surface area contributed by atoms with Crippen LogP contribution in [0.1, 0.15) is 86.0 Å². The van der Waals surface area contributed by atoms with Gasteiger partial charge in [0.1, 0.15) is 5.60 Å². The number of aliphatic carboxylic acids is 1. The van der Waals surface area contributed by atoms with Gasteiger partial charge < -0.3 is 9.84 Å². The summed E-state index contributed by atoms with van der Waals surface area (Å²) in [7, 11) is 0. The first-order valence-corrected chi connectivity index (χ1v) is 8.51. The zero-order valence-electron chi connectivity index (χ0n) is 14.8. The third kappa shape index (κ3) is 4.72. The van der Waals surface area contributed by atoms with Gasteiger partial charge in [-0.3, -0.25) is 9.59 Å². The lowest BCUT2D eigenvalue weighted by Gasteiger charge is -2.36. The highest BCUT2D eigenvalue weighted by molar-refractivity contribution is 5.79. The van der Waals surface area contributed by atoms with Crippen LogP contribution >= 0.6 is 0 Å². The van der Waals surface area contributed by atoms with Gasteiger partial charge in [0, 0.05) is 0 Å².